The van der Waals surface area contributed by atoms with Crippen LogP contribution in [0.1, 0.15) is 43.5 Å². The van der Waals surface area contributed by atoms with E-state index in [9.17, 15) is 45.5 Å². The Morgan fingerprint density at radius 2 is 1.28 bits per heavy atom. The molecule has 0 aliphatic heterocycles. The number of carboxylic acids is 1. The van der Waals surface area contributed by atoms with E-state index < -0.39 is 65.9 Å². The van der Waals surface area contributed by atoms with Crippen molar-refractivity contribution >= 4 is 29.5 Å². The fourth-order valence-corrected chi connectivity index (χ4v) is 3.65. The summed E-state index contributed by atoms with van der Waals surface area (Å²) in [5, 5.41) is 14.3. The summed E-state index contributed by atoms with van der Waals surface area (Å²) in [4.78, 5) is 59.4. The SMILES string of the molecule is COc1ccc(C(NC(=O)C(C)NC(=O)Cc2ccc(CN)cc2)C(=O)NC(C(=O)C(F)(F)F)C(C)C)cc1.O=C(O)C(F)(F)F. The molecule has 3 amide bonds. The monoisotopic (exact) mass is 664 g/mol. The van der Waals surface area contributed by atoms with Gasteiger partial charge in [-0.1, -0.05) is 50.2 Å². The smallest absolute Gasteiger partial charge is 0.490 e. The Morgan fingerprint density at radius 1 is 0.783 bits per heavy atom. The Kier molecular flexibility index (Phi) is 14.7. The molecule has 11 nitrogen and oxygen atoms in total. The Morgan fingerprint density at radius 3 is 1.70 bits per heavy atom. The van der Waals surface area contributed by atoms with Crippen LogP contribution in [0, 0.1) is 5.92 Å². The molecule has 3 unspecified atom stereocenters. The maximum atomic E-state index is 13.1. The van der Waals surface area contributed by atoms with Crippen molar-refractivity contribution in [3.05, 3.63) is 65.2 Å². The summed E-state index contributed by atoms with van der Waals surface area (Å²) in [5.41, 5.74) is 7.38. The highest BCUT2D eigenvalue weighted by Gasteiger charge is 2.45. The lowest BCUT2D eigenvalue weighted by atomic mass is 9.97. The van der Waals surface area contributed by atoms with Gasteiger partial charge in [-0.05, 0) is 41.7 Å². The van der Waals surface area contributed by atoms with E-state index in [1.807, 2.05) is 0 Å². The number of amides is 3. The molecule has 46 heavy (non-hydrogen) atoms. The molecule has 0 saturated heterocycles. The third kappa shape index (κ3) is 12.7. The second-order valence-electron chi connectivity index (χ2n) is 10.1. The maximum Gasteiger partial charge on any atom is 0.490 e. The van der Waals surface area contributed by atoms with Gasteiger partial charge >= 0.3 is 18.3 Å². The van der Waals surface area contributed by atoms with Gasteiger partial charge in [0.15, 0.2) is 0 Å². The molecule has 0 aliphatic rings. The van der Waals surface area contributed by atoms with Crippen LogP contribution in [0.25, 0.3) is 0 Å². The second-order valence-corrected chi connectivity index (χ2v) is 10.1. The number of hydrogen-bond acceptors (Lipinski definition) is 7. The normalized spacial score (nSPS) is 13.3. The molecule has 0 fully saturated rings. The van der Waals surface area contributed by atoms with Crippen molar-refractivity contribution in [2.24, 2.45) is 11.7 Å². The van der Waals surface area contributed by atoms with E-state index in [-0.39, 0.29) is 12.0 Å². The van der Waals surface area contributed by atoms with Gasteiger partial charge in [0, 0.05) is 6.54 Å². The van der Waals surface area contributed by atoms with E-state index in [1.165, 1.54) is 52.1 Å². The molecule has 0 radical (unpaired) electrons. The minimum atomic E-state index is -5.16. The van der Waals surface area contributed by atoms with Gasteiger partial charge < -0.3 is 31.5 Å². The lowest BCUT2D eigenvalue weighted by Crippen LogP contribution is -2.54. The van der Waals surface area contributed by atoms with Crippen molar-refractivity contribution in [2.75, 3.05) is 7.11 Å². The lowest BCUT2D eigenvalue weighted by Gasteiger charge is -2.26. The van der Waals surface area contributed by atoms with Crippen molar-refractivity contribution < 1.29 is 60.2 Å². The Labute approximate surface area is 259 Å². The summed E-state index contributed by atoms with van der Waals surface area (Å²) in [6.07, 6.45) is -10.3. The van der Waals surface area contributed by atoms with Crippen LogP contribution < -0.4 is 26.4 Å². The third-order valence-corrected chi connectivity index (χ3v) is 6.16. The van der Waals surface area contributed by atoms with Crippen LogP contribution in [0.5, 0.6) is 5.75 Å². The molecule has 2 aromatic carbocycles. The molecule has 3 atom stereocenters. The van der Waals surface area contributed by atoms with Gasteiger partial charge in [-0.2, -0.15) is 26.3 Å². The number of methoxy groups -OCH3 is 1. The number of nitrogens with one attached hydrogen (secondary N) is 3. The van der Waals surface area contributed by atoms with Crippen LogP contribution in [-0.4, -0.2) is 66.1 Å². The Hall–Kier alpha value is -4.67. The molecule has 6 N–H and O–H groups in total. The number of nitrogens with two attached hydrogens (primary N) is 1. The van der Waals surface area contributed by atoms with E-state index in [0.29, 0.717) is 17.9 Å². The van der Waals surface area contributed by atoms with Gasteiger partial charge in [-0.3, -0.25) is 19.2 Å². The van der Waals surface area contributed by atoms with E-state index in [2.05, 4.69) is 16.0 Å². The van der Waals surface area contributed by atoms with Gasteiger partial charge in [-0.25, -0.2) is 4.79 Å². The molecular formula is C29H34F6N4O7. The largest absolute Gasteiger partial charge is 0.497 e. The number of carboxylic acid groups (broad SMARTS) is 1. The number of carbonyl (C=O) groups is 5. The van der Waals surface area contributed by atoms with Crippen molar-refractivity contribution in [3.63, 3.8) is 0 Å². The Balaban J connectivity index is 0.00000135. The van der Waals surface area contributed by atoms with Crippen molar-refractivity contribution in [1.82, 2.24) is 16.0 Å². The highest BCUT2D eigenvalue weighted by Crippen LogP contribution is 2.23. The molecule has 0 saturated carbocycles. The van der Waals surface area contributed by atoms with Gasteiger partial charge in [-0.15, -0.1) is 0 Å². The average Bonchev–Trinajstić information content (AvgIpc) is 2.97. The zero-order valence-corrected chi connectivity index (χ0v) is 25.1. The molecule has 0 spiro atoms. The lowest BCUT2D eigenvalue weighted by molar-refractivity contribution is -0.192. The van der Waals surface area contributed by atoms with Crippen LogP contribution in [0.2, 0.25) is 0 Å². The van der Waals surface area contributed by atoms with Crippen molar-refractivity contribution in [2.45, 2.75) is 64.2 Å². The first kappa shape index (κ1) is 39.4. The van der Waals surface area contributed by atoms with Gasteiger partial charge in [0.25, 0.3) is 5.78 Å². The molecule has 0 aliphatic carbocycles. The van der Waals surface area contributed by atoms with Crippen molar-refractivity contribution in [3.8, 4) is 5.75 Å². The predicted molar refractivity (Wildman–Crippen MR) is 151 cm³/mol. The third-order valence-electron chi connectivity index (χ3n) is 6.16. The van der Waals surface area contributed by atoms with E-state index in [0.717, 1.165) is 5.56 Å². The average molecular weight is 665 g/mol. The van der Waals surface area contributed by atoms with Crippen LogP contribution in [-0.2, 0) is 36.9 Å². The van der Waals surface area contributed by atoms with Crippen LogP contribution in [0.3, 0.4) is 0 Å². The van der Waals surface area contributed by atoms with E-state index in [1.54, 1.807) is 24.3 Å². The maximum absolute atomic E-state index is 13.1. The standard InChI is InChI=1S/C27H33F3N4O5.C2HF3O2/c1-15(2)22(24(36)27(28,29)30)33-26(38)23(19-9-11-20(39-4)12-10-19)34-25(37)16(3)32-21(35)13-17-5-7-18(14-31)8-6-17;3-2(4,5)1(6)7/h5-12,15-16,22-23H,13-14,31H2,1-4H3,(H,32,35)(H,33,38)(H,34,37);(H,6,7). The summed E-state index contributed by atoms with van der Waals surface area (Å²) in [5.74, 6) is -7.55. The fourth-order valence-electron chi connectivity index (χ4n) is 3.65. The number of Topliss-reactive ketones (excluding diaryl/α,β-unsaturated/α-hetero) is 1. The van der Waals surface area contributed by atoms with Crippen LogP contribution in [0.15, 0.2) is 48.5 Å². The van der Waals surface area contributed by atoms with E-state index >= 15 is 0 Å². The summed E-state index contributed by atoms with van der Waals surface area (Å²) in [7, 11) is 1.42. The number of halogens is 6. The molecule has 17 heteroatoms. The minimum Gasteiger partial charge on any atom is -0.497 e. The second kappa shape index (κ2) is 17.1. The molecular weight excluding hydrogens is 630 g/mol. The quantitative estimate of drug-likeness (QED) is 0.215. The number of aliphatic carboxylic acids is 1. The number of hydrogen-bond donors (Lipinski definition) is 5. The summed E-state index contributed by atoms with van der Waals surface area (Å²) in [6, 6.07) is 8.54. The number of alkyl halides is 6. The molecule has 2 aromatic rings. The van der Waals surface area contributed by atoms with Crippen LogP contribution in [0.4, 0.5) is 26.3 Å². The summed E-state index contributed by atoms with van der Waals surface area (Å²) < 4.78 is 76.2. The van der Waals surface area contributed by atoms with Crippen LogP contribution >= 0.6 is 0 Å². The number of benzene rings is 2. The topological polar surface area (TPSA) is 177 Å². The molecule has 2 rings (SSSR count). The highest BCUT2D eigenvalue weighted by molar-refractivity contribution is 5.96. The number of ether oxygens (including phenoxy) is 1. The Bertz CT molecular complexity index is 1350. The fraction of sp³-hybridized carbons (Fsp3) is 0.414. The zero-order valence-electron chi connectivity index (χ0n) is 25.1. The number of rotatable bonds is 12. The zero-order chi connectivity index (χ0) is 35.4. The van der Waals surface area contributed by atoms with Gasteiger partial charge in [0.1, 0.15) is 17.8 Å². The summed E-state index contributed by atoms with van der Waals surface area (Å²) >= 11 is 0. The molecule has 0 bridgehead atoms. The van der Waals surface area contributed by atoms with Crippen molar-refractivity contribution in [1.29, 1.82) is 0 Å². The first-order valence-electron chi connectivity index (χ1n) is 13.4. The molecule has 0 aromatic heterocycles. The first-order valence-corrected chi connectivity index (χ1v) is 13.4. The predicted octanol–water partition coefficient (Wildman–Crippen LogP) is 2.96. The molecule has 254 valence electrons. The summed E-state index contributed by atoms with van der Waals surface area (Å²) in [6.45, 7) is 4.47. The van der Waals surface area contributed by atoms with Gasteiger partial charge in [0.05, 0.1) is 19.6 Å². The highest BCUT2D eigenvalue weighted by atomic mass is 19.4. The first-order chi connectivity index (χ1) is 21.2. The molecule has 0 heterocycles. The van der Waals surface area contributed by atoms with Gasteiger partial charge in [0.2, 0.25) is 17.7 Å². The number of carbonyl (C=O) groups excluding carboxylic acids is 4. The minimum absolute atomic E-state index is 0.0134. The number of ketones is 1. The van der Waals surface area contributed by atoms with E-state index in [4.69, 9.17) is 20.4 Å².